The fourth-order valence-electron chi connectivity index (χ4n) is 2.45. The first kappa shape index (κ1) is 16.4. The number of benzene rings is 1. The Hall–Kier alpha value is -0.990. The maximum absolute atomic E-state index is 13.8. The molecule has 8 heteroatoms. The smallest absolute Gasteiger partial charge is 0.246 e. The van der Waals surface area contributed by atoms with E-state index < -0.39 is 15.8 Å². The fourth-order valence-corrected chi connectivity index (χ4v) is 4.52. The summed E-state index contributed by atoms with van der Waals surface area (Å²) in [6, 6.07) is 3.84. The predicted octanol–water partition coefficient (Wildman–Crippen LogP) is 1.86. The molecule has 0 unspecified atom stereocenters. The number of amides is 1. The Labute approximate surface area is 131 Å². The molecule has 116 valence electrons. The predicted molar refractivity (Wildman–Crippen MR) is 79.4 cm³/mol. The SMILES string of the molecule is NC(=O)CC1CCN(S(=O)(=O)c2cc(Br)ccc2F)CC1. The van der Waals surface area contributed by atoms with Gasteiger partial charge in [0, 0.05) is 24.0 Å². The minimum absolute atomic E-state index is 0.0984. The number of nitrogens with two attached hydrogens (primary N) is 1. The van der Waals surface area contributed by atoms with Crippen molar-refractivity contribution in [2.45, 2.75) is 24.2 Å². The zero-order chi connectivity index (χ0) is 15.6. The van der Waals surface area contributed by atoms with E-state index in [0.717, 1.165) is 6.07 Å². The largest absolute Gasteiger partial charge is 0.370 e. The van der Waals surface area contributed by atoms with Crippen LogP contribution in [0.2, 0.25) is 0 Å². The number of rotatable bonds is 4. The second-order valence-electron chi connectivity index (χ2n) is 5.09. The van der Waals surface area contributed by atoms with E-state index in [0.29, 0.717) is 17.3 Å². The summed E-state index contributed by atoms with van der Waals surface area (Å²) in [7, 11) is -3.85. The van der Waals surface area contributed by atoms with E-state index in [1.54, 1.807) is 0 Å². The molecular weight excluding hydrogens is 363 g/mol. The molecule has 0 spiro atoms. The summed E-state index contributed by atoms with van der Waals surface area (Å²) >= 11 is 3.15. The molecule has 21 heavy (non-hydrogen) atoms. The number of halogens is 2. The van der Waals surface area contributed by atoms with E-state index in [4.69, 9.17) is 5.73 Å². The van der Waals surface area contributed by atoms with Gasteiger partial charge in [0.2, 0.25) is 15.9 Å². The first-order valence-corrected chi connectivity index (χ1v) is 8.77. The summed E-state index contributed by atoms with van der Waals surface area (Å²) in [4.78, 5) is 10.6. The molecule has 0 aliphatic carbocycles. The first-order valence-electron chi connectivity index (χ1n) is 6.54. The molecule has 2 N–H and O–H groups in total. The third-order valence-corrected chi connectivity index (χ3v) is 5.98. The number of carbonyl (C=O) groups is 1. The molecule has 1 aliphatic rings. The lowest BCUT2D eigenvalue weighted by molar-refractivity contribution is -0.119. The minimum atomic E-state index is -3.85. The zero-order valence-electron chi connectivity index (χ0n) is 11.3. The third kappa shape index (κ3) is 3.81. The van der Waals surface area contributed by atoms with Crippen LogP contribution in [0.1, 0.15) is 19.3 Å². The number of piperidine rings is 1. The van der Waals surface area contributed by atoms with E-state index in [-0.39, 0.29) is 36.2 Å². The highest BCUT2D eigenvalue weighted by Crippen LogP contribution is 2.28. The van der Waals surface area contributed by atoms with Gasteiger partial charge in [-0.15, -0.1) is 0 Å². The first-order chi connectivity index (χ1) is 9.80. The maximum Gasteiger partial charge on any atom is 0.246 e. The van der Waals surface area contributed by atoms with E-state index in [1.807, 2.05) is 0 Å². The van der Waals surface area contributed by atoms with Crippen LogP contribution in [0.25, 0.3) is 0 Å². The van der Waals surface area contributed by atoms with Crippen molar-refractivity contribution >= 4 is 31.9 Å². The van der Waals surface area contributed by atoms with Crippen molar-refractivity contribution in [3.8, 4) is 0 Å². The van der Waals surface area contributed by atoms with Crippen LogP contribution in [-0.2, 0) is 14.8 Å². The summed E-state index contributed by atoms with van der Waals surface area (Å²) in [5, 5.41) is 0. The van der Waals surface area contributed by atoms with Gasteiger partial charge in [0.05, 0.1) is 0 Å². The molecule has 1 aromatic carbocycles. The van der Waals surface area contributed by atoms with Crippen LogP contribution in [-0.4, -0.2) is 31.7 Å². The number of primary amides is 1. The van der Waals surface area contributed by atoms with Gasteiger partial charge in [-0.2, -0.15) is 4.31 Å². The lowest BCUT2D eigenvalue weighted by atomic mass is 9.94. The Balaban J connectivity index is 2.15. The summed E-state index contributed by atoms with van der Waals surface area (Å²) in [5.74, 6) is -1.05. The average molecular weight is 379 g/mol. The average Bonchev–Trinajstić information content (AvgIpc) is 2.41. The van der Waals surface area contributed by atoms with Gasteiger partial charge >= 0.3 is 0 Å². The summed E-state index contributed by atoms with van der Waals surface area (Å²) < 4.78 is 40.5. The van der Waals surface area contributed by atoms with Crippen molar-refractivity contribution in [2.75, 3.05) is 13.1 Å². The summed E-state index contributed by atoms with van der Waals surface area (Å²) in [6.45, 7) is 0.540. The number of nitrogens with zero attached hydrogens (tertiary/aromatic N) is 1. The van der Waals surface area contributed by atoms with Gasteiger partial charge in [0.25, 0.3) is 0 Å². The highest BCUT2D eigenvalue weighted by Gasteiger charge is 2.31. The molecule has 2 rings (SSSR count). The molecule has 0 bridgehead atoms. The Bertz CT molecular complexity index is 643. The van der Waals surface area contributed by atoms with Crippen molar-refractivity contribution < 1.29 is 17.6 Å². The molecule has 1 heterocycles. The molecule has 1 aliphatic heterocycles. The second kappa shape index (κ2) is 6.41. The van der Waals surface area contributed by atoms with Crippen molar-refractivity contribution in [3.63, 3.8) is 0 Å². The standard InChI is InChI=1S/C13H16BrFN2O3S/c14-10-1-2-11(15)12(8-10)21(19,20)17-5-3-9(4-6-17)7-13(16)18/h1-2,8-9H,3-7H2,(H2,16,18). The van der Waals surface area contributed by atoms with Gasteiger partial charge in [0.15, 0.2) is 0 Å². The topological polar surface area (TPSA) is 80.5 Å². The van der Waals surface area contributed by atoms with Gasteiger partial charge < -0.3 is 5.73 Å². The van der Waals surface area contributed by atoms with Crippen LogP contribution in [0.15, 0.2) is 27.6 Å². The molecule has 1 fully saturated rings. The minimum Gasteiger partial charge on any atom is -0.370 e. The maximum atomic E-state index is 13.8. The molecule has 5 nitrogen and oxygen atoms in total. The van der Waals surface area contributed by atoms with Gasteiger partial charge in [-0.1, -0.05) is 15.9 Å². The van der Waals surface area contributed by atoms with Gasteiger partial charge in [-0.25, -0.2) is 12.8 Å². The van der Waals surface area contributed by atoms with Crippen LogP contribution in [0.4, 0.5) is 4.39 Å². The summed E-state index contributed by atoms with van der Waals surface area (Å²) in [5.41, 5.74) is 5.15. The van der Waals surface area contributed by atoms with Crippen molar-refractivity contribution in [1.29, 1.82) is 0 Å². The Morgan fingerprint density at radius 2 is 2.00 bits per heavy atom. The van der Waals surface area contributed by atoms with Crippen molar-refractivity contribution in [2.24, 2.45) is 11.7 Å². The highest BCUT2D eigenvalue weighted by atomic mass is 79.9. The highest BCUT2D eigenvalue weighted by molar-refractivity contribution is 9.10. The molecule has 0 atom stereocenters. The van der Waals surface area contributed by atoms with Crippen LogP contribution < -0.4 is 5.73 Å². The van der Waals surface area contributed by atoms with E-state index in [9.17, 15) is 17.6 Å². The van der Waals surface area contributed by atoms with Gasteiger partial charge in [-0.05, 0) is 37.0 Å². The molecule has 0 saturated carbocycles. The Morgan fingerprint density at radius 3 is 2.57 bits per heavy atom. The molecule has 0 radical (unpaired) electrons. The lowest BCUT2D eigenvalue weighted by Gasteiger charge is -2.30. The Morgan fingerprint density at radius 1 is 1.38 bits per heavy atom. The molecule has 1 amide bonds. The van der Waals surface area contributed by atoms with E-state index in [1.165, 1.54) is 16.4 Å². The monoisotopic (exact) mass is 378 g/mol. The van der Waals surface area contributed by atoms with Crippen LogP contribution in [0, 0.1) is 11.7 Å². The van der Waals surface area contributed by atoms with E-state index in [2.05, 4.69) is 15.9 Å². The zero-order valence-corrected chi connectivity index (χ0v) is 13.7. The number of carbonyl (C=O) groups excluding carboxylic acids is 1. The molecule has 1 saturated heterocycles. The van der Waals surface area contributed by atoms with Gasteiger partial charge in [0.1, 0.15) is 10.7 Å². The number of hydrogen-bond acceptors (Lipinski definition) is 3. The molecule has 1 aromatic rings. The molecule has 0 aromatic heterocycles. The van der Waals surface area contributed by atoms with Crippen molar-refractivity contribution in [3.05, 3.63) is 28.5 Å². The number of sulfonamides is 1. The fraction of sp³-hybridized carbons (Fsp3) is 0.462. The normalized spacial score (nSPS) is 17.8. The van der Waals surface area contributed by atoms with Gasteiger partial charge in [-0.3, -0.25) is 4.79 Å². The molecular formula is C13H16BrFN2O3S. The van der Waals surface area contributed by atoms with Crippen LogP contribution in [0.3, 0.4) is 0 Å². The van der Waals surface area contributed by atoms with E-state index >= 15 is 0 Å². The Kier molecular flexibility index (Phi) is 5.00. The second-order valence-corrected chi connectivity index (χ2v) is 7.91. The van der Waals surface area contributed by atoms with Crippen LogP contribution >= 0.6 is 15.9 Å². The quantitative estimate of drug-likeness (QED) is 0.867. The van der Waals surface area contributed by atoms with Crippen LogP contribution in [0.5, 0.6) is 0 Å². The third-order valence-electron chi connectivity index (χ3n) is 3.57. The van der Waals surface area contributed by atoms with Crippen molar-refractivity contribution in [1.82, 2.24) is 4.31 Å². The summed E-state index contributed by atoms with van der Waals surface area (Å²) in [6.07, 6.45) is 1.37. The number of hydrogen-bond donors (Lipinski definition) is 1. The lowest BCUT2D eigenvalue weighted by Crippen LogP contribution is -2.39.